The van der Waals surface area contributed by atoms with Crippen LogP contribution in [0.25, 0.3) is 0 Å². The highest BCUT2D eigenvalue weighted by atomic mass is 127. The van der Waals surface area contributed by atoms with E-state index < -0.39 is 11.6 Å². The van der Waals surface area contributed by atoms with E-state index in [9.17, 15) is 8.78 Å². The Kier molecular flexibility index (Phi) is 7.38. The zero-order valence-corrected chi connectivity index (χ0v) is 14.7. The third-order valence-corrected chi connectivity index (χ3v) is 3.39. The summed E-state index contributed by atoms with van der Waals surface area (Å²) in [5, 5.41) is 3.05. The van der Waals surface area contributed by atoms with Crippen LogP contribution in [0.3, 0.4) is 0 Å². The molecule has 1 saturated heterocycles. The van der Waals surface area contributed by atoms with E-state index in [-0.39, 0.29) is 24.0 Å². The van der Waals surface area contributed by atoms with Gasteiger partial charge in [-0.1, -0.05) is 5.92 Å². The minimum Gasteiger partial charge on any atom is -0.366 e. The highest BCUT2D eigenvalue weighted by molar-refractivity contribution is 14.0. The van der Waals surface area contributed by atoms with Crippen molar-refractivity contribution in [2.75, 3.05) is 44.7 Å². The summed E-state index contributed by atoms with van der Waals surface area (Å²) < 4.78 is 27.0. The van der Waals surface area contributed by atoms with Gasteiger partial charge in [-0.05, 0) is 12.1 Å². The lowest BCUT2D eigenvalue weighted by atomic mass is 10.2. The highest BCUT2D eigenvalue weighted by Gasteiger charge is 2.21. The van der Waals surface area contributed by atoms with Gasteiger partial charge in [0.2, 0.25) is 0 Å². The van der Waals surface area contributed by atoms with Gasteiger partial charge in [0.25, 0.3) is 0 Å². The topological polar surface area (TPSA) is 30.9 Å². The van der Waals surface area contributed by atoms with Gasteiger partial charge in [0.05, 0.1) is 12.2 Å². The number of aliphatic imine (C=N–C) groups is 1. The first-order valence-corrected chi connectivity index (χ1v) is 6.74. The van der Waals surface area contributed by atoms with Gasteiger partial charge >= 0.3 is 0 Å². The molecule has 1 fully saturated rings. The molecule has 1 aromatic rings. The average Bonchev–Trinajstić information content (AvgIpc) is 2.51. The van der Waals surface area contributed by atoms with Crippen LogP contribution in [0.4, 0.5) is 14.5 Å². The van der Waals surface area contributed by atoms with Gasteiger partial charge in [0, 0.05) is 39.3 Å². The molecule has 22 heavy (non-hydrogen) atoms. The van der Waals surface area contributed by atoms with Crippen molar-refractivity contribution in [3.05, 3.63) is 29.8 Å². The van der Waals surface area contributed by atoms with Gasteiger partial charge in [-0.3, -0.25) is 4.99 Å². The third kappa shape index (κ3) is 4.47. The fourth-order valence-electron chi connectivity index (χ4n) is 2.35. The molecule has 1 heterocycles. The van der Waals surface area contributed by atoms with E-state index in [1.807, 2.05) is 9.80 Å². The molecule has 1 aliphatic heterocycles. The fraction of sp³-hybridized carbons (Fsp3) is 0.400. The van der Waals surface area contributed by atoms with Crippen LogP contribution in [0.15, 0.2) is 23.2 Å². The maximum absolute atomic E-state index is 13.8. The van der Waals surface area contributed by atoms with E-state index in [0.717, 1.165) is 18.1 Å². The first-order valence-electron chi connectivity index (χ1n) is 6.74. The summed E-state index contributed by atoms with van der Waals surface area (Å²) in [6.07, 6.45) is 5.22. The van der Waals surface area contributed by atoms with E-state index in [4.69, 9.17) is 6.42 Å². The Hall–Kier alpha value is -1.56. The van der Waals surface area contributed by atoms with Crippen molar-refractivity contribution in [1.82, 2.24) is 10.2 Å². The standard InChI is InChI=1S/C15H18F2N4.HI/c1-3-6-19-15(18-2)21-9-7-20(8-10-21)14-11-12(16)4-5-13(14)17;/h1,4-5,11H,6-10H2,2H3,(H,18,19);1H. The van der Waals surface area contributed by atoms with Crippen molar-refractivity contribution in [2.45, 2.75) is 0 Å². The van der Waals surface area contributed by atoms with Gasteiger partial charge in [0.15, 0.2) is 5.96 Å². The molecule has 0 atom stereocenters. The summed E-state index contributed by atoms with van der Waals surface area (Å²) in [6, 6.07) is 3.52. The number of terminal acetylenes is 1. The minimum atomic E-state index is -0.430. The van der Waals surface area contributed by atoms with E-state index in [2.05, 4.69) is 16.2 Å². The van der Waals surface area contributed by atoms with Gasteiger partial charge in [-0.15, -0.1) is 30.4 Å². The number of rotatable bonds is 2. The number of anilines is 1. The van der Waals surface area contributed by atoms with Gasteiger partial charge < -0.3 is 15.1 Å². The Bertz CT molecular complexity index is 563. The number of nitrogens with zero attached hydrogens (tertiary/aromatic N) is 3. The number of benzene rings is 1. The van der Waals surface area contributed by atoms with Crippen LogP contribution < -0.4 is 10.2 Å². The number of piperazine rings is 1. The van der Waals surface area contributed by atoms with Gasteiger partial charge in [-0.25, -0.2) is 8.78 Å². The van der Waals surface area contributed by atoms with Gasteiger partial charge in [-0.2, -0.15) is 0 Å². The van der Waals surface area contributed by atoms with E-state index in [0.29, 0.717) is 38.4 Å². The Labute approximate surface area is 146 Å². The second kappa shape index (κ2) is 8.78. The van der Waals surface area contributed by atoms with Crippen molar-refractivity contribution >= 4 is 35.6 Å². The summed E-state index contributed by atoms with van der Waals surface area (Å²) in [6.45, 7) is 2.93. The zero-order chi connectivity index (χ0) is 15.2. The molecule has 0 bridgehead atoms. The molecule has 0 radical (unpaired) electrons. The maximum Gasteiger partial charge on any atom is 0.194 e. The highest BCUT2D eigenvalue weighted by Crippen LogP contribution is 2.21. The molecule has 0 saturated carbocycles. The van der Waals surface area contributed by atoms with Crippen molar-refractivity contribution in [3.8, 4) is 12.3 Å². The zero-order valence-electron chi connectivity index (χ0n) is 12.4. The smallest absolute Gasteiger partial charge is 0.194 e. The lowest BCUT2D eigenvalue weighted by molar-refractivity contribution is 0.372. The first kappa shape index (κ1) is 18.5. The summed E-state index contributed by atoms with van der Waals surface area (Å²) >= 11 is 0. The Morgan fingerprint density at radius 3 is 2.59 bits per heavy atom. The van der Waals surface area contributed by atoms with Crippen LogP contribution in [0.1, 0.15) is 0 Å². The lowest BCUT2D eigenvalue weighted by Crippen LogP contribution is -2.52. The van der Waals surface area contributed by atoms with Crippen molar-refractivity contribution < 1.29 is 8.78 Å². The second-order valence-electron chi connectivity index (χ2n) is 4.67. The first-order chi connectivity index (χ1) is 10.2. The number of hydrogen-bond acceptors (Lipinski definition) is 2. The number of halogens is 3. The second-order valence-corrected chi connectivity index (χ2v) is 4.67. The van der Waals surface area contributed by atoms with Crippen LogP contribution in [0, 0.1) is 24.0 Å². The molecule has 120 valence electrons. The Morgan fingerprint density at radius 2 is 2.00 bits per heavy atom. The van der Waals surface area contributed by atoms with E-state index in [1.165, 1.54) is 6.07 Å². The van der Waals surface area contributed by atoms with Crippen molar-refractivity contribution in [1.29, 1.82) is 0 Å². The predicted octanol–water partition coefficient (Wildman–Crippen LogP) is 1.91. The number of nitrogens with one attached hydrogen (secondary N) is 1. The maximum atomic E-state index is 13.8. The molecular formula is C15H19F2IN4. The molecule has 7 heteroatoms. The Balaban J connectivity index is 0.00000242. The summed E-state index contributed by atoms with van der Waals surface area (Å²) in [7, 11) is 1.69. The molecule has 2 rings (SSSR count). The molecule has 0 spiro atoms. The normalized spacial score (nSPS) is 15.1. The number of hydrogen-bond donors (Lipinski definition) is 1. The third-order valence-electron chi connectivity index (χ3n) is 3.39. The van der Waals surface area contributed by atoms with Crippen molar-refractivity contribution in [2.24, 2.45) is 4.99 Å². The largest absolute Gasteiger partial charge is 0.366 e. The number of guanidine groups is 1. The molecule has 1 N–H and O–H groups in total. The van der Waals surface area contributed by atoms with Crippen LogP contribution in [-0.4, -0.2) is 50.6 Å². The fourth-order valence-corrected chi connectivity index (χ4v) is 2.35. The predicted molar refractivity (Wildman–Crippen MR) is 95.8 cm³/mol. The molecule has 1 aromatic carbocycles. The average molecular weight is 420 g/mol. The monoisotopic (exact) mass is 420 g/mol. The van der Waals surface area contributed by atoms with E-state index in [1.54, 1.807) is 7.05 Å². The SMILES string of the molecule is C#CCNC(=NC)N1CCN(c2cc(F)ccc2F)CC1.I. The summed E-state index contributed by atoms with van der Waals surface area (Å²) in [5.41, 5.74) is 0.307. The Morgan fingerprint density at radius 1 is 1.32 bits per heavy atom. The molecule has 0 aromatic heterocycles. The minimum absolute atomic E-state index is 0. The van der Waals surface area contributed by atoms with Crippen LogP contribution in [-0.2, 0) is 0 Å². The van der Waals surface area contributed by atoms with Crippen molar-refractivity contribution in [3.63, 3.8) is 0 Å². The van der Waals surface area contributed by atoms with Crippen LogP contribution in [0.2, 0.25) is 0 Å². The quantitative estimate of drug-likeness (QED) is 0.343. The van der Waals surface area contributed by atoms with E-state index >= 15 is 0 Å². The molecule has 4 nitrogen and oxygen atoms in total. The molecule has 0 aliphatic carbocycles. The summed E-state index contributed by atoms with van der Waals surface area (Å²) in [4.78, 5) is 8.05. The molecule has 0 amide bonds. The molecular weight excluding hydrogens is 401 g/mol. The van der Waals surface area contributed by atoms with Crippen LogP contribution in [0.5, 0.6) is 0 Å². The van der Waals surface area contributed by atoms with Gasteiger partial charge in [0.1, 0.15) is 11.6 Å². The summed E-state index contributed by atoms with van der Waals surface area (Å²) in [5.74, 6) is 2.40. The van der Waals surface area contributed by atoms with Crippen LogP contribution >= 0.6 is 24.0 Å². The molecule has 1 aliphatic rings. The molecule has 0 unspecified atom stereocenters. The lowest BCUT2D eigenvalue weighted by Gasteiger charge is -2.37.